The van der Waals surface area contributed by atoms with Crippen molar-refractivity contribution in [2.24, 2.45) is 0 Å². The van der Waals surface area contributed by atoms with Crippen LogP contribution in [0.2, 0.25) is 0 Å². The average Bonchev–Trinajstić information content (AvgIpc) is 2.30. The zero-order chi connectivity index (χ0) is 10.3. The third-order valence-electron chi connectivity index (χ3n) is 2.03. The monoisotopic (exact) mass is 199 g/mol. The van der Waals surface area contributed by atoms with Gasteiger partial charge < -0.3 is 10.2 Å². The molecule has 0 saturated carbocycles. The van der Waals surface area contributed by atoms with Crippen molar-refractivity contribution in [3.8, 4) is 0 Å². The van der Waals surface area contributed by atoms with E-state index in [9.17, 15) is 18.0 Å². The van der Waals surface area contributed by atoms with Crippen LogP contribution in [0.3, 0.4) is 0 Å². The predicted molar refractivity (Wildman–Crippen MR) is 35.0 cm³/mol. The van der Waals surface area contributed by atoms with E-state index in [1.54, 1.807) is 5.32 Å². The van der Waals surface area contributed by atoms with Crippen molar-refractivity contribution in [1.29, 1.82) is 0 Å². The van der Waals surface area contributed by atoms with Crippen molar-refractivity contribution in [3.05, 3.63) is 0 Å². The molecule has 0 spiro atoms. The molecule has 2 unspecified atom stereocenters. The van der Waals surface area contributed by atoms with Crippen molar-refractivity contribution in [2.45, 2.75) is 24.2 Å². The first-order valence-corrected chi connectivity index (χ1v) is 3.53. The van der Waals surface area contributed by atoms with Crippen molar-refractivity contribution in [3.63, 3.8) is 0 Å². The number of aliphatic hydroxyl groups is 1. The number of hydrogen-bond donors (Lipinski definition) is 3. The lowest BCUT2D eigenvalue weighted by atomic mass is 9.96. The highest BCUT2D eigenvalue weighted by Gasteiger charge is 2.63. The number of alkyl halides is 3. The molecule has 7 heteroatoms. The van der Waals surface area contributed by atoms with E-state index >= 15 is 0 Å². The van der Waals surface area contributed by atoms with Crippen LogP contribution >= 0.6 is 0 Å². The maximum Gasteiger partial charge on any atom is 0.417 e. The maximum atomic E-state index is 12.3. The lowest BCUT2D eigenvalue weighted by Crippen LogP contribution is -2.58. The Morgan fingerprint density at radius 2 is 2.08 bits per heavy atom. The van der Waals surface area contributed by atoms with E-state index in [1.165, 1.54) is 0 Å². The number of carboxylic acid groups (broad SMARTS) is 1. The fraction of sp³-hybridized carbons (Fsp3) is 0.833. The fourth-order valence-electron chi connectivity index (χ4n) is 1.29. The molecule has 4 nitrogen and oxygen atoms in total. The highest BCUT2D eigenvalue weighted by molar-refractivity contribution is 5.80. The molecule has 0 aliphatic carbocycles. The van der Waals surface area contributed by atoms with Crippen LogP contribution < -0.4 is 5.32 Å². The van der Waals surface area contributed by atoms with Gasteiger partial charge in [-0.1, -0.05) is 0 Å². The van der Waals surface area contributed by atoms with E-state index in [0.29, 0.717) is 0 Å². The average molecular weight is 199 g/mol. The van der Waals surface area contributed by atoms with Gasteiger partial charge in [-0.15, -0.1) is 0 Å². The van der Waals surface area contributed by atoms with Gasteiger partial charge in [-0.3, -0.25) is 5.32 Å². The third-order valence-corrected chi connectivity index (χ3v) is 2.03. The molecule has 1 aliphatic heterocycles. The molecular weight excluding hydrogens is 191 g/mol. The van der Waals surface area contributed by atoms with Crippen LogP contribution in [0.25, 0.3) is 0 Å². The van der Waals surface area contributed by atoms with Crippen LogP contribution in [-0.2, 0) is 4.79 Å². The van der Waals surface area contributed by atoms with Gasteiger partial charge in [-0.05, 0) is 0 Å². The smallest absolute Gasteiger partial charge is 0.417 e. The summed E-state index contributed by atoms with van der Waals surface area (Å²) in [4.78, 5) is 10.4. The number of carboxylic acids is 1. The topological polar surface area (TPSA) is 69.6 Å². The Labute approximate surface area is 71.4 Å². The molecule has 1 rings (SSSR count). The van der Waals surface area contributed by atoms with Crippen LogP contribution in [0.4, 0.5) is 13.2 Å². The van der Waals surface area contributed by atoms with Gasteiger partial charge in [0.1, 0.15) is 0 Å². The molecule has 1 saturated heterocycles. The number of nitrogens with one attached hydrogen (secondary N) is 1. The second-order valence-electron chi connectivity index (χ2n) is 2.95. The predicted octanol–water partition coefficient (Wildman–Crippen LogP) is -0.274. The van der Waals surface area contributed by atoms with Crippen molar-refractivity contribution < 1.29 is 28.2 Å². The highest BCUT2D eigenvalue weighted by atomic mass is 19.4. The van der Waals surface area contributed by atoms with Gasteiger partial charge in [-0.2, -0.15) is 13.2 Å². The van der Waals surface area contributed by atoms with Gasteiger partial charge in [-0.25, -0.2) is 4.79 Å². The molecule has 76 valence electrons. The van der Waals surface area contributed by atoms with Gasteiger partial charge in [0.2, 0.25) is 5.54 Å². The fourth-order valence-corrected chi connectivity index (χ4v) is 1.29. The van der Waals surface area contributed by atoms with Crippen LogP contribution in [0.1, 0.15) is 6.42 Å². The molecule has 0 amide bonds. The van der Waals surface area contributed by atoms with Gasteiger partial charge >= 0.3 is 12.1 Å². The summed E-state index contributed by atoms with van der Waals surface area (Å²) in [7, 11) is 0. The Morgan fingerprint density at radius 1 is 1.54 bits per heavy atom. The molecule has 1 fully saturated rings. The van der Waals surface area contributed by atoms with Crippen molar-refractivity contribution in [2.75, 3.05) is 6.54 Å². The number of rotatable bonds is 1. The van der Waals surface area contributed by atoms with E-state index < -0.39 is 30.2 Å². The summed E-state index contributed by atoms with van der Waals surface area (Å²) in [6.45, 7) is -0.355. The molecule has 0 bridgehead atoms. The Hall–Kier alpha value is -0.820. The molecule has 2 atom stereocenters. The summed E-state index contributed by atoms with van der Waals surface area (Å²) in [5.41, 5.74) is -2.98. The first-order valence-electron chi connectivity index (χ1n) is 3.53. The minimum Gasteiger partial charge on any atom is -0.480 e. The third kappa shape index (κ3) is 1.49. The van der Waals surface area contributed by atoms with E-state index in [-0.39, 0.29) is 6.54 Å². The number of β-amino-alcohol motifs (C(OH)–C–C–N with tert-alkyl or cyclic N) is 1. The second-order valence-corrected chi connectivity index (χ2v) is 2.95. The zero-order valence-corrected chi connectivity index (χ0v) is 6.43. The van der Waals surface area contributed by atoms with Crippen molar-refractivity contribution >= 4 is 5.97 Å². The summed E-state index contributed by atoms with van der Waals surface area (Å²) >= 11 is 0. The Balaban J connectivity index is 2.97. The minimum absolute atomic E-state index is 0.355. The van der Waals surface area contributed by atoms with E-state index in [1.807, 2.05) is 0 Å². The summed E-state index contributed by atoms with van der Waals surface area (Å²) < 4.78 is 36.9. The maximum absolute atomic E-state index is 12.3. The van der Waals surface area contributed by atoms with E-state index in [0.717, 1.165) is 0 Å². The largest absolute Gasteiger partial charge is 0.480 e. The number of halogens is 3. The van der Waals surface area contributed by atoms with E-state index in [4.69, 9.17) is 10.2 Å². The first-order chi connectivity index (χ1) is 5.79. The van der Waals surface area contributed by atoms with Gasteiger partial charge in [0.05, 0.1) is 6.10 Å². The van der Waals surface area contributed by atoms with E-state index in [2.05, 4.69) is 0 Å². The standard InChI is InChI=1S/C6H8F3NO3/c7-6(8,9)5(4(12)13)1-3(11)2-10-5/h3,10-11H,1-2H2,(H,12,13). The number of aliphatic hydroxyl groups excluding tert-OH is 1. The first kappa shape index (κ1) is 10.3. The lowest BCUT2D eigenvalue weighted by molar-refractivity contribution is -0.207. The summed E-state index contributed by atoms with van der Waals surface area (Å²) in [5.74, 6) is -2.00. The van der Waals surface area contributed by atoms with Crippen LogP contribution in [0, 0.1) is 0 Å². The number of hydrogen-bond acceptors (Lipinski definition) is 3. The summed E-state index contributed by atoms with van der Waals surface area (Å²) in [5, 5.41) is 19.1. The molecule has 0 radical (unpaired) electrons. The second kappa shape index (κ2) is 2.85. The SMILES string of the molecule is O=C(O)C1(C(F)(F)F)CC(O)CN1. The Kier molecular flexibility index (Phi) is 2.25. The van der Waals surface area contributed by atoms with Gasteiger partial charge in [0.15, 0.2) is 0 Å². The summed E-state index contributed by atoms with van der Waals surface area (Å²) in [6.07, 6.45) is -7.00. The molecule has 0 aromatic carbocycles. The van der Waals surface area contributed by atoms with Gasteiger partial charge in [0, 0.05) is 13.0 Å². The van der Waals surface area contributed by atoms with Crippen LogP contribution in [0.5, 0.6) is 0 Å². The lowest BCUT2D eigenvalue weighted by Gasteiger charge is -2.26. The molecule has 0 aromatic heterocycles. The minimum atomic E-state index is -4.89. The number of aliphatic carboxylic acids is 1. The molecule has 1 aliphatic rings. The summed E-state index contributed by atoms with van der Waals surface area (Å²) in [6, 6.07) is 0. The quantitative estimate of drug-likeness (QED) is 0.543. The molecule has 0 aromatic rings. The Bertz CT molecular complexity index is 230. The molecular formula is C6H8F3NO3. The number of carbonyl (C=O) groups is 1. The highest BCUT2D eigenvalue weighted by Crippen LogP contribution is 2.37. The van der Waals surface area contributed by atoms with Crippen LogP contribution in [0.15, 0.2) is 0 Å². The normalized spacial score (nSPS) is 34.9. The van der Waals surface area contributed by atoms with Crippen LogP contribution in [-0.4, -0.2) is 40.5 Å². The molecule has 3 N–H and O–H groups in total. The zero-order valence-electron chi connectivity index (χ0n) is 6.43. The van der Waals surface area contributed by atoms with Crippen molar-refractivity contribution in [1.82, 2.24) is 5.32 Å². The Morgan fingerprint density at radius 3 is 2.23 bits per heavy atom. The molecule has 1 heterocycles. The molecule has 13 heavy (non-hydrogen) atoms. The van der Waals surface area contributed by atoms with Gasteiger partial charge in [0.25, 0.3) is 0 Å².